The minimum Gasteiger partial charge on any atom is -0.309 e. The molecule has 0 spiro atoms. The second kappa shape index (κ2) is 13.1. The molecular formula is C60H34N8. The predicted octanol–water partition coefficient (Wildman–Crippen LogP) is 14.5. The summed E-state index contributed by atoms with van der Waals surface area (Å²) in [4.78, 5) is 22.0. The molecule has 8 heteroatoms. The lowest BCUT2D eigenvalue weighted by Crippen LogP contribution is -2.06. The molecule has 0 saturated carbocycles. The van der Waals surface area contributed by atoms with Crippen molar-refractivity contribution in [2.24, 2.45) is 0 Å². The molecule has 68 heavy (non-hydrogen) atoms. The summed E-state index contributed by atoms with van der Waals surface area (Å²) in [6.07, 6.45) is 0. The van der Waals surface area contributed by atoms with Crippen LogP contribution in [0.4, 0.5) is 0 Å². The largest absolute Gasteiger partial charge is 0.309 e. The van der Waals surface area contributed by atoms with Crippen LogP contribution in [0, 0.1) is 0 Å². The summed E-state index contributed by atoms with van der Waals surface area (Å²) >= 11 is 0. The maximum atomic E-state index is 5.50. The van der Waals surface area contributed by atoms with E-state index in [0.29, 0.717) is 17.5 Å². The Labute approximate surface area is 386 Å². The molecule has 9 aromatic carbocycles. The number of para-hydroxylation sites is 6. The molecule has 1 aliphatic rings. The first-order valence-corrected chi connectivity index (χ1v) is 23.0. The molecule has 0 unspecified atom stereocenters. The van der Waals surface area contributed by atoms with Gasteiger partial charge in [0.25, 0.3) is 0 Å². The van der Waals surface area contributed by atoms with Gasteiger partial charge < -0.3 is 9.13 Å². The van der Waals surface area contributed by atoms with Crippen molar-refractivity contribution in [1.82, 2.24) is 38.2 Å². The minimum atomic E-state index is 0.565. The van der Waals surface area contributed by atoms with E-state index in [1.807, 2.05) is 0 Å². The third-order valence-electron chi connectivity index (χ3n) is 14.3. The maximum absolute atomic E-state index is 5.50. The molecule has 0 saturated heterocycles. The molecular weight excluding hydrogens is 833 g/mol. The van der Waals surface area contributed by atoms with Gasteiger partial charge in [-0.3, -0.25) is 9.13 Å². The van der Waals surface area contributed by atoms with Gasteiger partial charge in [0, 0.05) is 65.6 Å². The molecule has 6 heterocycles. The SMILES string of the molecule is c1ccc(-n2c3ccccc3c3c4c5ccccc5n(-c5nc6c7c(nc(-n8c9ccccc9c9c%10c%11ccccc%11n(-c%11ccccc%11)c%10ccc98)nc7n5)-c5ccccc5-6)c4ccc32)cc1. The number of fused-ring (bicyclic) bond motifs is 17. The van der Waals surface area contributed by atoms with Crippen LogP contribution in [0.1, 0.15) is 0 Å². The lowest BCUT2D eigenvalue weighted by Gasteiger charge is -2.11. The monoisotopic (exact) mass is 866 g/mol. The van der Waals surface area contributed by atoms with Crippen LogP contribution < -0.4 is 0 Å². The van der Waals surface area contributed by atoms with Crippen molar-refractivity contribution in [3.8, 4) is 45.8 Å². The zero-order valence-corrected chi connectivity index (χ0v) is 36.2. The third-order valence-corrected chi connectivity index (χ3v) is 14.3. The molecule has 0 atom stereocenters. The zero-order chi connectivity index (χ0) is 44.2. The topological polar surface area (TPSA) is 71.3 Å². The van der Waals surface area contributed by atoms with Crippen molar-refractivity contribution >= 4 is 98.3 Å². The average molecular weight is 867 g/mol. The lowest BCUT2D eigenvalue weighted by molar-refractivity contribution is 0.976. The zero-order valence-electron chi connectivity index (χ0n) is 36.2. The van der Waals surface area contributed by atoms with Gasteiger partial charge in [-0.25, -0.2) is 9.97 Å². The highest BCUT2D eigenvalue weighted by atomic mass is 15.2. The standard InChI is InChI=1S/C60H34N8/c1-3-17-35(18-4-1)65-43-27-13-9-23-39(43)51-47(65)31-33-49-53(51)41-25-11-15-29-45(41)67(49)59-61-56-37-21-7-8-22-38(37)57-55(56)58(63-59)64-60(62-57)68-46-30-16-12-26-42(46)54-50(68)34-32-48-52(54)40-24-10-14-28-44(40)66(48)36-19-5-2-6-20-36/h1-34H. The predicted molar refractivity (Wildman–Crippen MR) is 277 cm³/mol. The van der Waals surface area contributed by atoms with E-state index in [2.05, 4.69) is 225 Å². The van der Waals surface area contributed by atoms with Gasteiger partial charge in [-0.2, -0.15) is 9.97 Å². The van der Waals surface area contributed by atoms with E-state index < -0.39 is 0 Å². The number of nitrogens with zero attached hydrogens (tertiary/aromatic N) is 8. The Morgan fingerprint density at radius 3 is 0.926 bits per heavy atom. The summed E-state index contributed by atoms with van der Waals surface area (Å²) in [7, 11) is 0. The minimum absolute atomic E-state index is 0.565. The van der Waals surface area contributed by atoms with E-state index in [1.165, 1.54) is 32.3 Å². The van der Waals surface area contributed by atoms with E-state index in [0.717, 1.165) is 94.2 Å². The molecule has 0 N–H and O–H groups in total. The Morgan fingerprint density at radius 2 is 0.544 bits per heavy atom. The molecule has 0 aliphatic heterocycles. The normalized spacial score (nSPS) is 12.4. The number of aromatic nitrogens is 8. The number of hydrogen-bond donors (Lipinski definition) is 0. The van der Waals surface area contributed by atoms with Gasteiger partial charge in [-0.15, -0.1) is 0 Å². The van der Waals surface area contributed by atoms with Crippen molar-refractivity contribution in [2.45, 2.75) is 0 Å². The van der Waals surface area contributed by atoms with Crippen LogP contribution in [-0.2, 0) is 0 Å². The lowest BCUT2D eigenvalue weighted by atomic mass is 10.1. The third kappa shape index (κ3) is 4.57. The summed E-state index contributed by atoms with van der Waals surface area (Å²) in [5, 5.41) is 10.3. The van der Waals surface area contributed by atoms with Crippen LogP contribution in [0.2, 0.25) is 0 Å². The van der Waals surface area contributed by atoms with Crippen LogP contribution >= 0.6 is 0 Å². The molecule has 0 fully saturated rings. The highest BCUT2D eigenvalue weighted by Gasteiger charge is 2.30. The first kappa shape index (κ1) is 35.9. The van der Waals surface area contributed by atoms with Crippen LogP contribution in [0.3, 0.4) is 0 Å². The second-order valence-electron chi connectivity index (χ2n) is 17.8. The van der Waals surface area contributed by atoms with E-state index in [1.54, 1.807) is 0 Å². The fourth-order valence-electron chi connectivity index (χ4n) is 11.7. The first-order valence-electron chi connectivity index (χ1n) is 23.0. The number of hydrogen-bond acceptors (Lipinski definition) is 4. The van der Waals surface area contributed by atoms with Crippen LogP contribution in [-0.4, -0.2) is 38.2 Å². The Bertz CT molecular complexity index is 4380. The summed E-state index contributed by atoms with van der Waals surface area (Å²) in [6, 6.07) is 73.4. The summed E-state index contributed by atoms with van der Waals surface area (Å²) in [6.45, 7) is 0. The summed E-state index contributed by atoms with van der Waals surface area (Å²) < 4.78 is 9.22. The van der Waals surface area contributed by atoms with Crippen LogP contribution in [0.25, 0.3) is 144 Å². The van der Waals surface area contributed by atoms with Crippen LogP contribution in [0.15, 0.2) is 206 Å². The molecule has 6 aromatic heterocycles. The van der Waals surface area contributed by atoms with Gasteiger partial charge in [0.1, 0.15) is 0 Å². The molecule has 15 aromatic rings. The molecule has 16 rings (SSSR count). The Morgan fingerprint density at radius 1 is 0.235 bits per heavy atom. The average Bonchev–Trinajstić information content (AvgIpc) is 4.19. The quantitative estimate of drug-likeness (QED) is 0.177. The van der Waals surface area contributed by atoms with Crippen molar-refractivity contribution in [3.05, 3.63) is 206 Å². The van der Waals surface area contributed by atoms with Crippen molar-refractivity contribution in [1.29, 1.82) is 0 Å². The van der Waals surface area contributed by atoms with Crippen molar-refractivity contribution < 1.29 is 0 Å². The van der Waals surface area contributed by atoms with Gasteiger partial charge in [0.15, 0.2) is 5.65 Å². The Kier molecular flexibility index (Phi) is 6.92. The molecule has 0 radical (unpaired) electrons. The van der Waals surface area contributed by atoms with Gasteiger partial charge in [0.2, 0.25) is 11.9 Å². The van der Waals surface area contributed by atoms with E-state index >= 15 is 0 Å². The van der Waals surface area contributed by atoms with Gasteiger partial charge in [-0.05, 0) is 72.8 Å². The first-order chi connectivity index (χ1) is 33.8. The maximum Gasteiger partial charge on any atom is 0.237 e. The Balaban J connectivity index is 0.994. The molecule has 0 amide bonds. The molecule has 314 valence electrons. The van der Waals surface area contributed by atoms with E-state index in [-0.39, 0.29) is 0 Å². The van der Waals surface area contributed by atoms with E-state index in [4.69, 9.17) is 19.9 Å². The van der Waals surface area contributed by atoms with Crippen molar-refractivity contribution in [2.75, 3.05) is 0 Å². The summed E-state index contributed by atoms with van der Waals surface area (Å²) in [5.41, 5.74) is 15.3. The molecule has 0 bridgehead atoms. The number of benzene rings is 9. The van der Waals surface area contributed by atoms with Gasteiger partial charge >= 0.3 is 0 Å². The highest BCUT2D eigenvalue weighted by Crippen LogP contribution is 2.48. The summed E-state index contributed by atoms with van der Waals surface area (Å²) in [5.74, 6) is 1.13. The van der Waals surface area contributed by atoms with Gasteiger partial charge in [0.05, 0.1) is 60.9 Å². The fraction of sp³-hybridized carbons (Fsp3) is 0. The Hall–Kier alpha value is -9.40. The van der Waals surface area contributed by atoms with Gasteiger partial charge in [-0.1, -0.05) is 133 Å². The second-order valence-corrected chi connectivity index (χ2v) is 17.8. The number of rotatable bonds is 4. The van der Waals surface area contributed by atoms with Crippen molar-refractivity contribution in [3.63, 3.8) is 0 Å². The van der Waals surface area contributed by atoms with E-state index in [9.17, 15) is 0 Å². The molecule has 1 aliphatic carbocycles. The smallest absolute Gasteiger partial charge is 0.237 e. The molecule has 8 nitrogen and oxygen atoms in total. The highest BCUT2D eigenvalue weighted by molar-refractivity contribution is 6.30. The fourth-order valence-corrected chi connectivity index (χ4v) is 11.7. The van der Waals surface area contributed by atoms with Crippen LogP contribution in [0.5, 0.6) is 0 Å².